The Bertz CT molecular complexity index is 595. The SMILES string of the molecule is O=[N+]([O-])N(Cn1cnc(C(F)F)n1)Cn1cnc(C(F)F)n1. The molecule has 0 aliphatic heterocycles. The van der Waals surface area contributed by atoms with Gasteiger partial charge in [-0.05, 0) is 0 Å². The molecule has 2 aromatic heterocycles. The third-order valence-electron chi connectivity index (χ3n) is 2.35. The Hall–Kier alpha value is -2.80. The zero-order valence-corrected chi connectivity index (χ0v) is 10.6. The number of rotatable bonds is 7. The molecule has 2 aromatic rings. The molecule has 0 saturated carbocycles. The molecular formula is C8H8F4N8O2. The van der Waals surface area contributed by atoms with Gasteiger partial charge in [0.1, 0.15) is 12.7 Å². The van der Waals surface area contributed by atoms with Crippen molar-refractivity contribution in [1.82, 2.24) is 34.5 Å². The molecule has 2 rings (SSSR count). The first-order valence-corrected chi connectivity index (χ1v) is 5.61. The van der Waals surface area contributed by atoms with Crippen molar-refractivity contribution in [2.24, 2.45) is 0 Å². The number of nitro groups is 1. The Balaban J connectivity index is 2.07. The second kappa shape index (κ2) is 6.31. The minimum Gasteiger partial charge on any atom is -0.235 e. The molecule has 0 radical (unpaired) electrons. The average Bonchev–Trinajstić information content (AvgIpc) is 3.06. The molecule has 0 spiro atoms. The quantitative estimate of drug-likeness (QED) is 0.422. The van der Waals surface area contributed by atoms with Crippen LogP contribution in [0.4, 0.5) is 17.6 Å². The van der Waals surface area contributed by atoms with Crippen LogP contribution in [-0.4, -0.2) is 39.6 Å². The molecule has 2 heterocycles. The fourth-order valence-corrected chi connectivity index (χ4v) is 1.44. The molecule has 120 valence electrons. The van der Waals surface area contributed by atoms with Crippen molar-refractivity contribution in [2.45, 2.75) is 26.2 Å². The highest BCUT2D eigenvalue weighted by molar-refractivity contribution is 4.83. The van der Waals surface area contributed by atoms with Gasteiger partial charge in [0, 0.05) is 0 Å². The van der Waals surface area contributed by atoms with Crippen LogP contribution in [-0.2, 0) is 13.3 Å². The van der Waals surface area contributed by atoms with Gasteiger partial charge < -0.3 is 0 Å². The van der Waals surface area contributed by atoms with Gasteiger partial charge in [0.05, 0.1) is 0 Å². The van der Waals surface area contributed by atoms with Crippen molar-refractivity contribution in [2.75, 3.05) is 0 Å². The molecule has 0 aliphatic rings. The summed E-state index contributed by atoms with van der Waals surface area (Å²) >= 11 is 0. The first kappa shape index (κ1) is 15.6. The van der Waals surface area contributed by atoms with Crippen molar-refractivity contribution in [3.63, 3.8) is 0 Å². The largest absolute Gasteiger partial charge is 0.299 e. The average molecular weight is 324 g/mol. The van der Waals surface area contributed by atoms with Crippen LogP contribution < -0.4 is 0 Å². The van der Waals surface area contributed by atoms with Crippen molar-refractivity contribution < 1.29 is 22.6 Å². The van der Waals surface area contributed by atoms with Crippen LogP contribution in [0, 0.1) is 10.1 Å². The predicted octanol–water partition coefficient (Wildman–Crippen LogP) is 0.854. The van der Waals surface area contributed by atoms with Gasteiger partial charge in [0.25, 0.3) is 12.9 Å². The lowest BCUT2D eigenvalue weighted by Crippen LogP contribution is -2.34. The summed E-state index contributed by atoms with van der Waals surface area (Å²) in [6.07, 6.45) is -4.03. The molecule has 0 unspecified atom stereocenters. The maximum atomic E-state index is 12.3. The molecule has 22 heavy (non-hydrogen) atoms. The third kappa shape index (κ3) is 3.64. The van der Waals surface area contributed by atoms with Crippen LogP contribution in [0.5, 0.6) is 0 Å². The summed E-state index contributed by atoms with van der Waals surface area (Å²) in [5.41, 5.74) is 0. The Morgan fingerprint density at radius 2 is 1.45 bits per heavy atom. The number of nitrogens with zero attached hydrogens (tertiary/aromatic N) is 8. The Kier molecular flexibility index (Phi) is 4.47. The van der Waals surface area contributed by atoms with Crippen molar-refractivity contribution >= 4 is 0 Å². The number of halogens is 4. The minimum atomic E-state index is -2.91. The molecule has 0 atom stereocenters. The highest BCUT2D eigenvalue weighted by atomic mass is 19.3. The molecule has 0 bridgehead atoms. The first-order chi connectivity index (χ1) is 10.4. The van der Waals surface area contributed by atoms with Crippen LogP contribution in [0.15, 0.2) is 12.7 Å². The van der Waals surface area contributed by atoms with E-state index in [1.165, 1.54) is 0 Å². The summed E-state index contributed by atoms with van der Waals surface area (Å²) in [6.45, 7) is -1.06. The van der Waals surface area contributed by atoms with Crippen LogP contribution in [0.3, 0.4) is 0 Å². The maximum Gasteiger partial charge on any atom is 0.299 e. The third-order valence-corrected chi connectivity index (χ3v) is 2.35. The zero-order chi connectivity index (χ0) is 16.3. The molecule has 0 fully saturated rings. The van der Waals surface area contributed by atoms with Crippen LogP contribution in [0.1, 0.15) is 24.5 Å². The number of hydrogen-bond acceptors (Lipinski definition) is 6. The fourth-order valence-electron chi connectivity index (χ4n) is 1.44. The summed E-state index contributed by atoms with van der Waals surface area (Å²) < 4.78 is 50.9. The zero-order valence-electron chi connectivity index (χ0n) is 10.6. The normalized spacial score (nSPS) is 11.4. The fraction of sp³-hybridized carbons (Fsp3) is 0.500. The number of alkyl halides is 4. The van der Waals surface area contributed by atoms with Gasteiger partial charge in [-0.1, -0.05) is 5.01 Å². The highest BCUT2D eigenvalue weighted by Crippen LogP contribution is 2.14. The summed E-state index contributed by atoms with van der Waals surface area (Å²) in [5, 5.41) is 17.3. The maximum absolute atomic E-state index is 12.3. The van der Waals surface area contributed by atoms with Gasteiger partial charge >= 0.3 is 0 Å². The molecular weight excluding hydrogens is 316 g/mol. The van der Waals surface area contributed by atoms with Crippen molar-refractivity contribution in [3.05, 3.63) is 34.4 Å². The Morgan fingerprint density at radius 3 is 1.73 bits per heavy atom. The van der Waals surface area contributed by atoms with E-state index in [2.05, 4.69) is 20.2 Å². The smallest absolute Gasteiger partial charge is 0.235 e. The molecule has 0 aliphatic carbocycles. The summed E-state index contributed by atoms with van der Waals surface area (Å²) in [6, 6.07) is 0. The van der Waals surface area contributed by atoms with Crippen LogP contribution in [0.2, 0.25) is 0 Å². The van der Waals surface area contributed by atoms with E-state index in [4.69, 9.17) is 0 Å². The predicted molar refractivity (Wildman–Crippen MR) is 58.8 cm³/mol. The van der Waals surface area contributed by atoms with Crippen LogP contribution in [0.25, 0.3) is 0 Å². The standard InChI is InChI=1S/C8H8F4N8O2/c9-5(10)7-13-1-17(15-7)3-19(20(21)22)4-18-2-14-8(16-18)6(11)12/h1-2,5-6H,3-4H2. The van der Waals surface area contributed by atoms with E-state index in [9.17, 15) is 27.7 Å². The number of hydrazine groups is 1. The second-order valence-corrected chi connectivity index (χ2v) is 3.91. The lowest BCUT2D eigenvalue weighted by molar-refractivity contribution is -0.671. The lowest BCUT2D eigenvalue weighted by atomic mass is 10.7. The second-order valence-electron chi connectivity index (χ2n) is 3.91. The summed E-state index contributed by atoms with van der Waals surface area (Å²) in [7, 11) is 0. The van der Waals surface area contributed by atoms with E-state index in [0.717, 1.165) is 22.0 Å². The van der Waals surface area contributed by atoms with E-state index < -0.39 is 42.9 Å². The number of hydrogen-bond donors (Lipinski definition) is 0. The van der Waals surface area contributed by atoms with Gasteiger partial charge in [-0.15, -0.1) is 10.2 Å². The summed E-state index contributed by atoms with van der Waals surface area (Å²) in [4.78, 5) is 17.5. The molecule has 0 aromatic carbocycles. The first-order valence-electron chi connectivity index (χ1n) is 5.61. The van der Waals surface area contributed by atoms with E-state index >= 15 is 0 Å². The van der Waals surface area contributed by atoms with Gasteiger partial charge in [0.15, 0.2) is 18.4 Å². The number of aromatic nitrogens is 6. The minimum absolute atomic E-state index is 0.508. The highest BCUT2D eigenvalue weighted by Gasteiger charge is 2.20. The lowest BCUT2D eigenvalue weighted by Gasteiger charge is -2.13. The van der Waals surface area contributed by atoms with E-state index in [0.29, 0.717) is 5.01 Å². The molecule has 10 nitrogen and oxygen atoms in total. The van der Waals surface area contributed by atoms with Crippen molar-refractivity contribution in [3.8, 4) is 0 Å². The Labute approximate surface area is 119 Å². The van der Waals surface area contributed by atoms with E-state index in [1.807, 2.05) is 0 Å². The van der Waals surface area contributed by atoms with Gasteiger partial charge in [-0.2, -0.15) is 0 Å². The van der Waals surface area contributed by atoms with E-state index in [-0.39, 0.29) is 0 Å². The molecule has 0 N–H and O–H groups in total. The van der Waals surface area contributed by atoms with Gasteiger partial charge in [0.2, 0.25) is 11.6 Å². The van der Waals surface area contributed by atoms with Gasteiger partial charge in [-0.25, -0.2) is 47.0 Å². The van der Waals surface area contributed by atoms with Crippen molar-refractivity contribution in [1.29, 1.82) is 0 Å². The van der Waals surface area contributed by atoms with Crippen LogP contribution >= 0.6 is 0 Å². The van der Waals surface area contributed by atoms with Gasteiger partial charge in [-0.3, -0.25) is 0 Å². The Morgan fingerprint density at radius 1 is 1.05 bits per heavy atom. The molecule has 14 heteroatoms. The molecule has 0 saturated heterocycles. The topological polar surface area (TPSA) is 108 Å². The van der Waals surface area contributed by atoms with E-state index in [1.54, 1.807) is 0 Å². The molecule has 0 amide bonds. The summed E-state index contributed by atoms with van der Waals surface area (Å²) in [5.74, 6) is -1.55. The monoisotopic (exact) mass is 324 g/mol.